The highest BCUT2D eigenvalue weighted by Gasteiger charge is 2.28. The summed E-state index contributed by atoms with van der Waals surface area (Å²) in [6, 6.07) is 7.60. The summed E-state index contributed by atoms with van der Waals surface area (Å²) in [5.74, 6) is 0.948. The van der Waals surface area contributed by atoms with Crippen molar-refractivity contribution in [3.63, 3.8) is 0 Å². The lowest BCUT2D eigenvalue weighted by atomic mass is 9.95. The molecule has 0 N–H and O–H groups in total. The Kier molecular flexibility index (Phi) is 6.74. The van der Waals surface area contributed by atoms with Gasteiger partial charge in [0.25, 0.3) is 5.91 Å². The first kappa shape index (κ1) is 21.3. The average Bonchev–Trinajstić information content (AvgIpc) is 2.74. The van der Waals surface area contributed by atoms with Gasteiger partial charge in [-0.3, -0.25) is 14.5 Å². The molecule has 3 aliphatic rings. The summed E-state index contributed by atoms with van der Waals surface area (Å²) in [4.78, 5) is 31.4. The van der Waals surface area contributed by atoms with Crippen LogP contribution in [0.5, 0.6) is 0 Å². The lowest BCUT2D eigenvalue weighted by Gasteiger charge is -2.39. The van der Waals surface area contributed by atoms with E-state index in [0.29, 0.717) is 24.5 Å². The van der Waals surface area contributed by atoms with Gasteiger partial charge in [0, 0.05) is 56.9 Å². The van der Waals surface area contributed by atoms with Crippen molar-refractivity contribution in [2.75, 3.05) is 44.2 Å². The minimum Gasteiger partial charge on any atom is -0.373 e. The Morgan fingerprint density at radius 2 is 1.67 bits per heavy atom. The highest BCUT2D eigenvalue weighted by Crippen LogP contribution is 2.24. The van der Waals surface area contributed by atoms with E-state index in [1.54, 1.807) is 0 Å². The number of anilines is 1. The van der Waals surface area contributed by atoms with Crippen molar-refractivity contribution in [3.05, 3.63) is 29.8 Å². The second-order valence-electron chi connectivity index (χ2n) is 9.26. The minimum absolute atomic E-state index is 0.110. The van der Waals surface area contributed by atoms with Crippen molar-refractivity contribution in [3.8, 4) is 0 Å². The molecule has 30 heavy (non-hydrogen) atoms. The van der Waals surface area contributed by atoms with Gasteiger partial charge in [-0.2, -0.15) is 0 Å². The zero-order valence-electron chi connectivity index (χ0n) is 18.4. The van der Waals surface area contributed by atoms with Gasteiger partial charge in [0.1, 0.15) is 0 Å². The number of likely N-dealkylation sites (tertiary alicyclic amines) is 1. The molecule has 3 aliphatic heterocycles. The monoisotopic (exact) mass is 413 g/mol. The molecule has 2 atom stereocenters. The number of benzene rings is 1. The number of amides is 2. The maximum Gasteiger partial charge on any atom is 0.253 e. The van der Waals surface area contributed by atoms with E-state index in [9.17, 15) is 9.59 Å². The number of carbonyl (C=O) groups excluding carboxylic acids is 2. The molecule has 2 unspecified atom stereocenters. The molecule has 0 saturated carbocycles. The zero-order chi connectivity index (χ0) is 21.1. The lowest BCUT2D eigenvalue weighted by molar-refractivity contribution is -0.119. The van der Waals surface area contributed by atoms with Crippen LogP contribution in [0.4, 0.5) is 5.69 Å². The standard InChI is InChI=1S/C24H35N3O3/c1-18-15-25(16-19(2)30-18)17-20-10-13-26(14-11-20)24(29)21-6-8-22(9-7-21)27-12-4-3-5-23(27)28/h6-9,18-20H,3-5,10-17H2,1-2H3. The predicted octanol–water partition coefficient (Wildman–Crippen LogP) is 3.16. The van der Waals surface area contributed by atoms with E-state index < -0.39 is 0 Å². The molecule has 0 radical (unpaired) electrons. The number of nitrogens with zero attached hydrogens (tertiary/aromatic N) is 3. The maximum absolute atomic E-state index is 13.0. The minimum atomic E-state index is 0.110. The van der Waals surface area contributed by atoms with Crippen molar-refractivity contribution in [2.24, 2.45) is 5.92 Å². The van der Waals surface area contributed by atoms with Crippen LogP contribution in [-0.4, -0.2) is 73.1 Å². The Hall–Kier alpha value is -1.92. The van der Waals surface area contributed by atoms with E-state index in [2.05, 4.69) is 18.7 Å². The Labute approximate surface area is 180 Å². The van der Waals surface area contributed by atoms with E-state index in [1.165, 1.54) is 0 Å². The molecule has 2 amide bonds. The molecule has 4 rings (SSSR count). The first-order valence-corrected chi connectivity index (χ1v) is 11.6. The van der Waals surface area contributed by atoms with E-state index in [1.807, 2.05) is 34.1 Å². The fourth-order valence-corrected chi connectivity index (χ4v) is 5.16. The van der Waals surface area contributed by atoms with Gasteiger partial charge in [0.05, 0.1) is 12.2 Å². The van der Waals surface area contributed by atoms with Gasteiger partial charge in [0.2, 0.25) is 5.91 Å². The Morgan fingerprint density at radius 3 is 2.30 bits per heavy atom. The molecule has 1 aromatic carbocycles. The molecule has 3 heterocycles. The molecular weight excluding hydrogens is 378 g/mol. The van der Waals surface area contributed by atoms with E-state index >= 15 is 0 Å². The molecule has 0 spiro atoms. The fourth-order valence-electron chi connectivity index (χ4n) is 5.16. The van der Waals surface area contributed by atoms with Crippen LogP contribution in [0.15, 0.2) is 24.3 Å². The van der Waals surface area contributed by atoms with Crippen molar-refractivity contribution >= 4 is 17.5 Å². The van der Waals surface area contributed by atoms with Crippen LogP contribution in [-0.2, 0) is 9.53 Å². The number of hydrogen-bond donors (Lipinski definition) is 0. The number of morpholine rings is 1. The average molecular weight is 414 g/mol. The van der Waals surface area contributed by atoms with Crippen LogP contribution >= 0.6 is 0 Å². The molecule has 6 heteroatoms. The number of ether oxygens (including phenoxy) is 1. The highest BCUT2D eigenvalue weighted by molar-refractivity contribution is 5.97. The van der Waals surface area contributed by atoms with Crippen LogP contribution in [0.3, 0.4) is 0 Å². The van der Waals surface area contributed by atoms with Gasteiger partial charge >= 0.3 is 0 Å². The fraction of sp³-hybridized carbons (Fsp3) is 0.667. The summed E-state index contributed by atoms with van der Waals surface area (Å²) >= 11 is 0. The van der Waals surface area contributed by atoms with Crippen molar-refractivity contribution < 1.29 is 14.3 Å². The van der Waals surface area contributed by atoms with E-state index in [0.717, 1.165) is 76.2 Å². The normalized spacial score (nSPS) is 26.8. The molecule has 3 saturated heterocycles. The third-order valence-corrected chi connectivity index (χ3v) is 6.66. The first-order chi connectivity index (χ1) is 14.5. The van der Waals surface area contributed by atoms with Crippen molar-refractivity contribution in [2.45, 2.75) is 58.2 Å². The smallest absolute Gasteiger partial charge is 0.253 e. The summed E-state index contributed by atoms with van der Waals surface area (Å²) in [6.45, 7) is 9.85. The maximum atomic E-state index is 13.0. The van der Waals surface area contributed by atoms with Gasteiger partial charge < -0.3 is 14.5 Å². The van der Waals surface area contributed by atoms with Crippen molar-refractivity contribution in [1.29, 1.82) is 0 Å². The number of piperidine rings is 2. The summed E-state index contributed by atoms with van der Waals surface area (Å²) < 4.78 is 5.84. The van der Waals surface area contributed by atoms with Gasteiger partial charge in [-0.15, -0.1) is 0 Å². The number of hydrogen-bond acceptors (Lipinski definition) is 4. The van der Waals surface area contributed by atoms with Crippen LogP contribution in [0.25, 0.3) is 0 Å². The molecule has 0 aromatic heterocycles. The van der Waals surface area contributed by atoms with Gasteiger partial charge in [-0.05, 0) is 69.7 Å². The highest BCUT2D eigenvalue weighted by atomic mass is 16.5. The quantitative estimate of drug-likeness (QED) is 0.761. The SMILES string of the molecule is CC1CN(CC2CCN(C(=O)c3ccc(N4CCCCC4=O)cc3)CC2)CC(C)O1. The second kappa shape index (κ2) is 9.48. The molecule has 3 fully saturated rings. The van der Waals surface area contributed by atoms with Crippen LogP contribution in [0.2, 0.25) is 0 Å². The summed E-state index contributed by atoms with van der Waals surface area (Å²) in [7, 11) is 0. The molecule has 6 nitrogen and oxygen atoms in total. The Balaban J connectivity index is 1.28. The zero-order valence-corrected chi connectivity index (χ0v) is 18.4. The third kappa shape index (κ3) is 5.03. The Morgan fingerprint density at radius 1 is 1.00 bits per heavy atom. The molecular formula is C24H35N3O3. The van der Waals surface area contributed by atoms with Gasteiger partial charge in [-0.25, -0.2) is 0 Å². The van der Waals surface area contributed by atoms with Crippen LogP contribution in [0.1, 0.15) is 56.3 Å². The first-order valence-electron chi connectivity index (χ1n) is 11.6. The van der Waals surface area contributed by atoms with Gasteiger partial charge in [-0.1, -0.05) is 0 Å². The molecule has 0 bridgehead atoms. The predicted molar refractivity (Wildman–Crippen MR) is 118 cm³/mol. The Bertz CT molecular complexity index is 733. The lowest BCUT2D eigenvalue weighted by Crippen LogP contribution is -2.48. The molecule has 1 aromatic rings. The van der Waals surface area contributed by atoms with Crippen LogP contribution < -0.4 is 4.90 Å². The van der Waals surface area contributed by atoms with E-state index in [-0.39, 0.29) is 11.8 Å². The topological polar surface area (TPSA) is 53.1 Å². The van der Waals surface area contributed by atoms with Crippen LogP contribution in [0, 0.1) is 5.92 Å². The molecule has 0 aliphatic carbocycles. The molecule has 164 valence electrons. The largest absolute Gasteiger partial charge is 0.373 e. The van der Waals surface area contributed by atoms with E-state index in [4.69, 9.17) is 4.74 Å². The number of carbonyl (C=O) groups is 2. The second-order valence-corrected chi connectivity index (χ2v) is 9.26. The third-order valence-electron chi connectivity index (χ3n) is 6.66. The summed E-state index contributed by atoms with van der Waals surface area (Å²) in [5.41, 5.74) is 1.63. The number of rotatable bonds is 4. The summed E-state index contributed by atoms with van der Waals surface area (Å²) in [5, 5.41) is 0. The van der Waals surface area contributed by atoms with Crippen molar-refractivity contribution in [1.82, 2.24) is 9.80 Å². The summed E-state index contributed by atoms with van der Waals surface area (Å²) in [6.07, 6.45) is 5.38. The van der Waals surface area contributed by atoms with Gasteiger partial charge in [0.15, 0.2) is 0 Å².